The van der Waals surface area contributed by atoms with Crippen molar-refractivity contribution in [2.24, 2.45) is 0 Å². The summed E-state index contributed by atoms with van der Waals surface area (Å²) in [5, 5.41) is 26.5. The summed E-state index contributed by atoms with van der Waals surface area (Å²) >= 11 is 1.43. The Morgan fingerprint density at radius 2 is 1.97 bits per heavy atom. The number of carbonyl (C=O) groups excluding carboxylic acids is 3. The number of phenols is 1. The molecule has 2 fully saturated rings. The summed E-state index contributed by atoms with van der Waals surface area (Å²) < 4.78 is 0. The van der Waals surface area contributed by atoms with Crippen molar-refractivity contribution in [1.29, 1.82) is 0 Å². The van der Waals surface area contributed by atoms with Crippen molar-refractivity contribution in [1.82, 2.24) is 15.5 Å². The molecule has 0 bridgehead atoms. The molecule has 2 aliphatic rings. The topological polar surface area (TPSA) is 119 Å². The molecule has 2 aromatic carbocycles. The van der Waals surface area contributed by atoms with Crippen molar-refractivity contribution >= 4 is 29.5 Å². The molecule has 0 spiro atoms. The number of benzene rings is 2. The highest BCUT2D eigenvalue weighted by Gasteiger charge is 2.60. The molecule has 2 saturated heterocycles. The maximum Gasteiger partial charge on any atom is 0.255 e. The Balaban J connectivity index is 1.57. The molecule has 0 radical (unpaired) electrons. The molecule has 0 saturated carbocycles. The summed E-state index contributed by atoms with van der Waals surface area (Å²) in [5.74, 6) is -1.11. The molecule has 3 amide bonds. The number of aliphatic hydroxyl groups is 1. The summed E-state index contributed by atoms with van der Waals surface area (Å²) in [7, 11) is 0. The van der Waals surface area contributed by atoms with Gasteiger partial charge in [0, 0.05) is 11.1 Å². The van der Waals surface area contributed by atoms with Crippen molar-refractivity contribution in [3.8, 4) is 5.75 Å². The summed E-state index contributed by atoms with van der Waals surface area (Å²) in [6, 6.07) is 12.3. The lowest BCUT2D eigenvalue weighted by atomic mass is 9.95. The van der Waals surface area contributed by atoms with E-state index >= 15 is 0 Å². The highest BCUT2D eigenvalue weighted by atomic mass is 32.2. The van der Waals surface area contributed by atoms with E-state index in [1.54, 1.807) is 19.1 Å². The number of fused-ring (bicyclic) bond motifs is 1. The number of hydrogen-bond acceptors (Lipinski definition) is 6. The summed E-state index contributed by atoms with van der Waals surface area (Å²) in [5.41, 5.74) is 1.49. The molecule has 4 atom stereocenters. The summed E-state index contributed by atoms with van der Waals surface area (Å²) in [6.45, 7) is 3.47. The molecule has 9 heteroatoms. The van der Waals surface area contributed by atoms with Gasteiger partial charge in [0.2, 0.25) is 5.91 Å². The van der Waals surface area contributed by atoms with Crippen LogP contribution in [0.25, 0.3) is 0 Å². The number of rotatable bonds is 6. The number of amides is 3. The van der Waals surface area contributed by atoms with Gasteiger partial charge in [-0.05, 0) is 38.0 Å². The molecule has 0 aromatic heterocycles. The van der Waals surface area contributed by atoms with Gasteiger partial charge in [0.15, 0.2) is 6.10 Å². The van der Waals surface area contributed by atoms with Gasteiger partial charge in [-0.15, -0.1) is 11.8 Å². The number of nitrogens with one attached hydrogen (secondary N) is 2. The molecule has 2 aromatic rings. The van der Waals surface area contributed by atoms with Crippen LogP contribution in [0.15, 0.2) is 48.5 Å². The number of hydrogen-bond donors (Lipinski definition) is 4. The number of thioether (sulfide) groups is 1. The van der Waals surface area contributed by atoms with E-state index < -0.39 is 34.9 Å². The Labute approximate surface area is 190 Å². The Morgan fingerprint density at radius 1 is 1.25 bits per heavy atom. The van der Waals surface area contributed by atoms with Gasteiger partial charge in [-0.3, -0.25) is 14.4 Å². The van der Waals surface area contributed by atoms with Crippen molar-refractivity contribution in [2.45, 2.75) is 43.3 Å². The molecule has 4 N–H and O–H groups in total. The SMILES string of the molecule is Cc1c(O)cccc1C(=O)N[C@@H](Cc1ccccc1)[C@H](O)C(=O)N1CSC2(C)NC(=O)[C@@H]12. The van der Waals surface area contributed by atoms with Crippen LogP contribution in [0.2, 0.25) is 0 Å². The zero-order valence-corrected chi connectivity index (χ0v) is 18.6. The molecule has 168 valence electrons. The highest BCUT2D eigenvalue weighted by Crippen LogP contribution is 2.43. The van der Waals surface area contributed by atoms with Gasteiger partial charge in [-0.25, -0.2) is 0 Å². The maximum absolute atomic E-state index is 13.2. The molecule has 8 nitrogen and oxygen atoms in total. The van der Waals surface area contributed by atoms with Crippen molar-refractivity contribution < 1.29 is 24.6 Å². The van der Waals surface area contributed by atoms with Crippen molar-refractivity contribution in [3.63, 3.8) is 0 Å². The first-order chi connectivity index (χ1) is 15.2. The average molecular weight is 456 g/mol. The lowest BCUT2D eigenvalue weighted by Gasteiger charge is -2.43. The minimum atomic E-state index is -1.55. The van der Waals surface area contributed by atoms with Crippen molar-refractivity contribution in [3.05, 3.63) is 65.2 Å². The zero-order valence-electron chi connectivity index (χ0n) is 17.7. The number of carbonyl (C=O) groups is 3. The maximum atomic E-state index is 13.2. The molecule has 1 unspecified atom stereocenters. The van der Waals surface area contributed by atoms with Crippen molar-refractivity contribution in [2.75, 3.05) is 5.88 Å². The number of β-lactam (4-membered cyclic amide) rings is 1. The van der Waals surface area contributed by atoms with Crippen LogP contribution in [-0.2, 0) is 16.0 Å². The Morgan fingerprint density at radius 3 is 2.66 bits per heavy atom. The van der Waals surface area contributed by atoms with Gasteiger partial charge in [-0.2, -0.15) is 0 Å². The second kappa shape index (κ2) is 8.48. The third-order valence-corrected chi connectivity index (χ3v) is 7.37. The summed E-state index contributed by atoms with van der Waals surface area (Å²) in [4.78, 5) is 39.0. The Hall–Kier alpha value is -3.04. The van der Waals surface area contributed by atoms with Gasteiger partial charge in [0.1, 0.15) is 16.7 Å². The molecular formula is C23H25N3O5S. The lowest BCUT2D eigenvalue weighted by Crippen LogP contribution is -2.72. The minimum Gasteiger partial charge on any atom is -0.508 e. The average Bonchev–Trinajstić information content (AvgIpc) is 3.05. The van der Waals surface area contributed by atoms with Gasteiger partial charge in [0.25, 0.3) is 11.8 Å². The molecule has 2 heterocycles. The smallest absolute Gasteiger partial charge is 0.255 e. The first-order valence-electron chi connectivity index (χ1n) is 10.3. The monoisotopic (exact) mass is 455 g/mol. The van der Waals surface area contributed by atoms with E-state index in [0.29, 0.717) is 5.56 Å². The molecular weight excluding hydrogens is 430 g/mol. The predicted octanol–water partition coefficient (Wildman–Crippen LogP) is 1.15. The highest BCUT2D eigenvalue weighted by molar-refractivity contribution is 8.01. The van der Waals surface area contributed by atoms with Crippen LogP contribution in [-0.4, -0.2) is 61.8 Å². The minimum absolute atomic E-state index is 0.0155. The number of nitrogens with zero attached hydrogens (tertiary/aromatic N) is 1. The molecule has 4 rings (SSSR count). The third kappa shape index (κ3) is 3.93. The Bertz CT molecular complexity index is 1060. The quantitative estimate of drug-likeness (QED) is 0.485. The van der Waals surface area contributed by atoms with Gasteiger partial charge >= 0.3 is 0 Å². The van der Waals surface area contributed by atoms with Crippen LogP contribution in [0, 0.1) is 6.92 Å². The standard InChI is InChI=1S/C23H25N3O5S/c1-13-15(9-6-10-17(13)27)20(29)24-16(11-14-7-4-3-5-8-14)18(28)22(31)26-12-32-23(2)19(26)21(30)25-23/h3-10,16,18-19,27-28H,11-12H2,1-2H3,(H,24,29)(H,25,30)/t16-,18-,19+,23?/m0/s1. The first-order valence-corrected chi connectivity index (χ1v) is 11.3. The Kier molecular flexibility index (Phi) is 5.87. The van der Waals surface area contributed by atoms with Gasteiger partial charge in [-0.1, -0.05) is 36.4 Å². The molecule has 0 aliphatic carbocycles. The lowest BCUT2D eigenvalue weighted by molar-refractivity contribution is -0.152. The fourth-order valence-corrected chi connectivity index (χ4v) is 5.39. The predicted molar refractivity (Wildman–Crippen MR) is 120 cm³/mol. The van der Waals surface area contributed by atoms with E-state index in [0.717, 1.165) is 5.56 Å². The zero-order chi connectivity index (χ0) is 23.0. The fraction of sp³-hybridized carbons (Fsp3) is 0.348. The first kappa shape index (κ1) is 22.2. The largest absolute Gasteiger partial charge is 0.508 e. The van der Waals surface area contributed by atoms with E-state index in [9.17, 15) is 24.6 Å². The van der Waals surface area contributed by atoms with Gasteiger partial charge < -0.3 is 25.7 Å². The van der Waals surface area contributed by atoms with E-state index in [1.165, 1.54) is 22.7 Å². The normalized spacial score (nSPS) is 23.5. The molecule has 2 aliphatic heterocycles. The molecule has 32 heavy (non-hydrogen) atoms. The van der Waals surface area contributed by atoms with E-state index in [1.807, 2.05) is 37.3 Å². The van der Waals surface area contributed by atoms with Crippen LogP contribution in [0.3, 0.4) is 0 Å². The summed E-state index contributed by atoms with van der Waals surface area (Å²) in [6.07, 6.45) is -1.33. The van der Waals surface area contributed by atoms with Crippen LogP contribution >= 0.6 is 11.8 Å². The number of aromatic hydroxyl groups is 1. The van der Waals surface area contributed by atoms with Crippen LogP contribution in [0.5, 0.6) is 5.75 Å². The third-order valence-electron chi connectivity index (χ3n) is 6.04. The second-order valence-electron chi connectivity index (χ2n) is 8.24. The van der Waals surface area contributed by atoms with E-state index in [-0.39, 0.29) is 29.5 Å². The van der Waals surface area contributed by atoms with E-state index in [2.05, 4.69) is 10.6 Å². The van der Waals surface area contributed by atoms with Crippen LogP contribution in [0.4, 0.5) is 0 Å². The second-order valence-corrected chi connectivity index (χ2v) is 9.64. The fourth-order valence-electron chi connectivity index (χ4n) is 4.14. The van der Waals surface area contributed by atoms with Gasteiger partial charge in [0.05, 0.1) is 11.9 Å². The van der Waals surface area contributed by atoms with Crippen LogP contribution in [0.1, 0.15) is 28.4 Å². The number of aliphatic hydroxyl groups excluding tert-OH is 1. The number of phenolic OH excluding ortho intramolecular Hbond substituents is 1. The van der Waals surface area contributed by atoms with Crippen LogP contribution < -0.4 is 10.6 Å². The van der Waals surface area contributed by atoms with E-state index in [4.69, 9.17) is 0 Å².